The second-order valence-electron chi connectivity index (χ2n) is 3.94. The summed E-state index contributed by atoms with van der Waals surface area (Å²) in [5.74, 6) is 0.657. The highest BCUT2D eigenvalue weighted by Gasteiger charge is 2.15. The molecule has 0 saturated carbocycles. The van der Waals surface area contributed by atoms with Gasteiger partial charge in [0.2, 0.25) is 0 Å². The number of rotatable bonds is 5. The van der Waals surface area contributed by atoms with Crippen molar-refractivity contribution in [1.29, 1.82) is 0 Å². The lowest BCUT2D eigenvalue weighted by atomic mass is 9.93. The molecule has 80 valence electrons. The van der Waals surface area contributed by atoms with E-state index in [0.29, 0.717) is 5.92 Å². The van der Waals surface area contributed by atoms with Crippen molar-refractivity contribution in [3.63, 3.8) is 0 Å². The van der Waals surface area contributed by atoms with Crippen molar-refractivity contribution in [2.45, 2.75) is 46.1 Å². The zero-order valence-corrected chi connectivity index (χ0v) is 10.1. The third-order valence-corrected chi connectivity index (χ3v) is 3.85. The fourth-order valence-electron chi connectivity index (χ4n) is 1.78. The average molecular weight is 212 g/mol. The van der Waals surface area contributed by atoms with Gasteiger partial charge in [-0.2, -0.15) is 11.3 Å². The van der Waals surface area contributed by atoms with Crippen molar-refractivity contribution >= 4 is 11.3 Å². The molecular weight excluding hydrogens is 192 g/mol. The van der Waals surface area contributed by atoms with E-state index in [1.165, 1.54) is 5.56 Å². The van der Waals surface area contributed by atoms with Gasteiger partial charge in [0.15, 0.2) is 0 Å². The van der Waals surface area contributed by atoms with Crippen LogP contribution in [0.15, 0.2) is 10.8 Å². The molecular formula is C12H20OS. The van der Waals surface area contributed by atoms with E-state index in [2.05, 4.69) is 31.5 Å². The lowest BCUT2D eigenvalue weighted by Crippen LogP contribution is -2.06. The normalized spacial score (nSPS) is 13.5. The highest BCUT2D eigenvalue weighted by atomic mass is 32.1. The molecule has 1 atom stereocenters. The molecule has 1 N–H and O–H groups in total. The Morgan fingerprint density at radius 2 is 1.93 bits per heavy atom. The summed E-state index contributed by atoms with van der Waals surface area (Å²) in [7, 11) is 0. The molecule has 0 amide bonds. The maximum Gasteiger partial charge on any atom is 0.0803 e. The Labute approximate surface area is 90.8 Å². The van der Waals surface area contributed by atoms with Crippen molar-refractivity contribution in [2.24, 2.45) is 5.92 Å². The van der Waals surface area contributed by atoms with Gasteiger partial charge in [-0.05, 0) is 41.1 Å². The van der Waals surface area contributed by atoms with Gasteiger partial charge in [-0.3, -0.25) is 0 Å². The first kappa shape index (κ1) is 11.7. The van der Waals surface area contributed by atoms with Gasteiger partial charge in [0.05, 0.1) is 6.10 Å². The summed E-state index contributed by atoms with van der Waals surface area (Å²) in [4.78, 5) is 0. The van der Waals surface area contributed by atoms with Crippen LogP contribution in [0.2, 0.25) is 0 Å². The third kappa shape index (κ3) is 2.82. The van der Waals surface area contributed by atoms with E-state index >= 15 is 0 Å². The Hall–Kier alpha value is -0.340. The molecule has 0 aliphatic heterocycles. The molecule has 1 rings (SSSR count). The van der Waals surface area contributed by atoms with Gasteiger partial charge >= 0.3 is 0 Å². The summed E-state index contributed by atoms with van der Waals surface area (Å²) in [6.07, 6.45) is 2.98. The summed E-state index contributed by atoms with van der Waals surface area (Å²) in [6, 6.07) is 0. The van der Waals surface area contributed by atoms with E-state index in [-0.39, 0.29) is 6.10 Å². The van der Waals surface area contributed by atoms with Gasteiger partial charge in [0.25, 0.3) is 0 Å². The van der Waals surface area contributed by atoms with Crippen molar-refractivity contribution < 1.29 is 5.11 Å². The quantitative estimate of drug-likeness (QED) is 0.784. The van der Waals surface area contributed by atoms with Crippen LogP contribution in [0.5, 0.6) is 0 Å². The Bertz CT molecular complexity index is 263. The summed E-state index contributed by atoms with van der Waals surface area (Å²) < 4.78 is 0. The van der Waals surface area contributed by atoms with Crippen molar-refractivity contribution in [3.05, 3.63) is 21.9 Å². The van der Waals surface area contributed by atoms with Gasteiger partial charge in [0, 0.05) is 0 Å². The Balaban J connectivity index is 2.58. The molecule has 2 heteroatoms. The zero-order chi connectivity index (χ0) is 10.6. The SMILES string of the molecule is CCC(CC)CC(O)c1cscc1C. The molecule has 0 aromatic carbocycles. The van der Waals surface area contributed by atoms with Crippen LogP contribution in [0.4, 0.5) is 0 Å². The van der Waals surface area contributed by atoms with E-state index in [1.54, 1.807) is 11.3 Å². The minimum Gasteiger partial charge on any atom is -0.388 e. The van der Waals surface area contributed by atoms with Crippen molar-refractivity contribution in [2.75, 3.05) is 0 Å². The molecule has 0 bridgehead atoms. The molecule has 0 radical (unpaired) electrons. The van der Waals surface area contributed by atoms with E-state index < -0.39 is 0 Å². The predicted octanol–water partition coefficient (Wildman–Crippen LogP) is 3.92. The number of aliphatic hydroxyl groups is 1. The molecule has 1 unspecified atom stereocenters. The van der Waals surface area contributed by atoms with Crippen LogP contribution in [-0.4, -0.2) is 5.11 Å². The summed E-state index contributed by atoms with van der Waals surface area (Å²) in [5, 5.41) is 14.2. The average Bonchev–Trinajstić information content (AvgIpc) is 2.60. The first-order valence-corrected chi connectivity index (χ1v) is 6.34. The van der Waals surface area contributed by atoms with Gasteiger partial charge in [-0.1, -0.05) is 26.7 Å². The van der Waals surface area contributed by atoms with Crippen molar-refractivity contribution in [1.82, 2.24) is 0 Å². The molecule has 0 spiro atoms. The second kappa shape index (κ2) is 5.52. The number of aliphatic hydroxyl groups excluding tert-OH is 1. The molecule has 1 nitrogen and oxygen atoms in total. The Morgan fingerprint density at radius 3 is 2.36 bits per heavy atom. The monoisotopic (exact) mass is 212 g/mol. The molecule has 1 heterocycles. The molecule has 1 aromatic rings. The zero-order valence-electron chi connectivity index (χ0n) is 9.29. The number of aryl methyl sites for hydroxylation is 1. The van der Waals surface area contributed by atoms with Crippen LogP contribution in [0.3, 0.4) is 0 Å². The summed E-state index contributed by atoms with van der Waals surface area (Å²) in [6.45, 7) is 6.46. The Kier molecular flexibility index (Phi) is 4.63. The third-order valence-electron chi connectivity index (χ3n) is 2.97. The maximum absolute atomic E-state index is 10.0. The van der Waals surface area contributed by atoms with Crippen LogP contribution >= 0.6 is 11.3 Å². The van der Waals surface area contributed by atoms with E-state index in [0.717, 1.165) is 24.8 Å². The maximum atomic E-state index is 10.0. The van der Waals surface area contributed by atoms with Gasteiger partial charge in [-0.25, -0.2) is 0 Å². The minimum absolute atomic E-state index is 0.258. The van der Waals surface area contributed by atoms with E-state index in [9.17, 15) is 5.11 Å². The summed E-state index contributed by atoms with van der Waals surface area (Å²) in [5.41, 5.74) is 2.36. The molecule has 1 aromatic heterocycles. The minimum atomic E-state index is -0.258. The standard InChI is InChI=1S/C12H20OS/c1-4-10(5-2)6-12(13)11-8-14-7-9(11)3/h7-8,10,12-13H,4-6H2,1-3H3. The van der Waals surface area contributed by atoms with Crippen LogP contribution in [0, 0.1) is 12.8 Å². The fourth-order valence-corrected chi connectivity index (χ4v) is 2.67. The molecule has 0 saturated heterocycles. The summed E-state index contributed by atoms with van der Waals surface area (Å²) >= 11 is 1.68. The largest absolute Gasteiger partial charge is 0.388 e. The van der Waals surface area contributed by atoms with Crippen molar-refractivity contribution in [3.8, 4) is 0 Å². The smallest absolute Gasteiger partial charge is 0.0803 e. The first-order chi connectivity index (χ1) is 6.69. The highest BCUT2D eigenvalue weighted by molar-refractivity contribution is 7.08. The highest BCUT2D eigenvalue weighted by Crippen LogP contribution is 2.28. The number of hydrogen-bond donors (Lipinski definition) is 1. The molecule has 0 fully saturated rings. The predicted molar refractivity (Wildman–Crippen MR) is 62.7 cm³/mol. The first-order valence-electron chi connectivity index (χ1n) is 5.39. The van der Waals surface area contributed by atoms with Crippen LogP contribution < -0.4 is 0 Å². The topological polar surface area (TPSA) is 20.2 Å². The van der Waals surface area contributed by atoms with Crippen LogP contribution in [-0.2, 0) is 0 Å². The van der Waals surface area contributed by atoms with E-state index in [1.807, 2.05) is 0 Å². The number of thiophene rings is 1. The molecule has 0 aliphatic carbocycles. The van der Waals surface area contributed by atoms with E-state index in [4.69, 9.17) is 0 Å². The second-order valence-corrected chi connectivity index (χ2v) is 4.69. The molecule has 14 heavy (non-hydrogen) atoms. The number of hydrogen-bond acceptors (Lipinski definition) is 2. The lowest BCUT2D eigenvalue weighted by Gasteiger charge is -2.17. The van der Waals surface area contributed by atoms with Gasteiger partial charge < -0.3 is 5.11 Å². The van der Waals surface area contributed by atoms with Gasteiger partial charge in [0.1, 0.15) is 0 Å². The molecule has 0 aliphatic rings. The fraction of sp³-hybridized carbons (Fsp3) is 0.667. The Morgan fingerprint density at radius 1 is 1.29 bits per heavy atom. The lowest BCUT2D eigenvalue weighted by molar-refractivity contribution is 0.141. The van der Waals surface area contributed by atoms with Crippen LogP contribution in [0.25, 0.3) is 0 Å². The van der Waals surface area contributed by atoms with Gasteiger partial charge in [-0.15, -0.1) is 0 Å². The van der Waals surface area contributed by atoms with Crippen LogP contribution in [0.1, 0.15) is 50.3 Å².